The summed E-state index contributed by atoms with van der Waals surface area (Å²) in [4.78, 5) is 23.2. The molecule has 1 aromatic carbocycles. The van der Waals surface area contributed by atoms with E-state index in [0.717, 1.165) is 10.7 Å². The number of rotatable bonds is 2. The minimum atomic E-state index is -0.690. The molecule has 0 atom stereocenters. The average molecular weight is 265 g/mol. The molecule has 2 rings (SSSR count). The number of nitrogens with zero attached hydrogens (tertiary/aromatic N) is 2. The van der Waals surface area contributed by atoms with Crippen LogP contribution in [0.1, 0.15) is 10.5 Å². The Morgan fingerprint density at radius 1 is 1.33 bits per heavy atom. The van der Waals surface area contributed by atoms with Crippen molar-refractivity contribution >= 4 is 17.6 Å². The molecule has 92 valence electrons. The van der Waals surface area contributed by atoms with Gasteiger partial charge in [-0.15, -0.1) is 0 Å². The molecule has 0 aliphatic heterocycles. The second-order valence-corrected chi connectivity index (χ2v) is 3.83. The van der Waals surface area contributed by atoms with Gasteiger partial charge in [-0.2, -0.15) is 9.78 Å². The van der Waals surface area contributed by atoms with Crippen molar-refractivity contribution in [3.05, 3.63) is 57.5 Å². The second kappa shape index (κ2) is 5.01. The number of halogens is 1. The maximum atomic E-state index is 11.8. The highest BCUT2D eigenvalue weighted by Crippen LogP contribution is 2.12. The van der Waals surface area contributed by atoms with Crippen LogP contribution in [0.2, 0.25) is 5.02 Å². The number of methoxy groups -OCH3 is 1. The molecule has 2 aromatic rings. The van der Waals surface area contributed by atoms with E-state index in [4.69, 9.17) is 11.6 Å². The molecule has 1 aromatic heterocycles. The minimum Gasteiger partial charge on any atom is -0.464 e. The quantitative estimate of drug-likeness (QED) is 0.774. The fourth-order valence-electron chi connectivity index (χ4n) is 1.42. The first kappa shape index (κ1) is 12.3. The van der Waals surface area contributed by atoms with E-state index in [9.17, 15) is 9.59 Å². The van der Waals surface area contributed by atoms with Gasteiger partial charge in [-0.3, -0.25) is 4.79 Å². The normalized spacial score (nSPS) is 10.1. The van der Waals surface area contributed by atoms with E-state index in [-0.39, 0.29) is 10.7 Å². The molecule has 0 N–H and O–H groups in total. The molecular weight excluding hydrogens is 256 g/mol. The number of para-hydroxylation sites is 1. The van der Waals surface area contributed by atoms with Gasteiger partial charge in [0.25, 0.3) is 5.56 Å². The molecule has 5 nitrogen and oxygen atoms in total. The van der Waals surface area contributed by atoms with Crippen molar-refractivity contribution < 1.29 is 9.53 Å². The molecule has 0 aliphatic carbocycles. The van der Waals surface area contributed by atoms with E-state index >= 15 is 0 Å². The van der Waals surface area contributed by atoms with Crippen LogP contribution >= 0.6 is 11.6 Å². The summed E-state index contributed by atoms with van der Waals surface area (Å²) >= 11 is 5.79. The van der Waals surface area contributed by atoms with Crippen molar-refractivity contribution in [1.29, 1.82) is 0 Å². The fourth-order valence-corrected chi connectivity index (χ4v) is 1.63. The number of benzene rings is 1. The molecule has 1 heterocycles. The molecule has 6 heteroatoms. The van der Waals surface area contributed by atoms with Gasteiger partial charge in [-0.1, -0.05) is 29.8 Å². The highest BCUT2D eigenvalue weighted by molar-refractivity contribution is 6.33. The van der Waals surface area contributed by atoms with Crippen LogP contribution in [0.4, 0.5) is 0 Å². The molecule has 0 saturated heterocycles. The van der Waals surface area contributed by atoms with Gasteiger partial charge >= 0.3 is 5.97 Å². The third kappa shape index (κ3) is 2.26. The zero-order valence-electron chi connectivity index (χ0n) is 9.46. The zero-order valence-corrected chi connectivity index (χ0v) is 10.2. The molecular formula is C12H9ClN2O3. The number of esters is 1. The monoisotopic (exact) mass is 264 g/mol. The Hall–Kier alpha value is -2.14. The van der Waals surface area contributed by atoms with Crippen LogP contribution in [0.3, 0.4) is 0 Å². The Bertz CT molecular complexity index is 638. The largest absolute Gasteiger partial charge is 0.464 e. The third-order valence-corrected chi connectivity index (χ3v) is 2.55. The van der Waals surface area contributed by atoms with E-state index in [1.165, 1.54) is 7.11 Å². The van der Waals surface area contributed by atoms with E-state index in [1.54, 1.807) is 24.3 Å². The summed E-state index contributed by atoms with van der Waals surface area (Å²) in [7, 11) is 1.22. The molecule has 0 saturated carbocycles. The Labute approximate surface area is 108 Å². The van der Waals surface area contributed by atoms with Crippen molar-refractivity contribution in [3.8, 4) is 5.69 Å². The van der Waals surface area contributed by atoms with Crippen molar-refractivity contribution in [2.24, 2.45) is 0 Å². The molecule has 0 fully saturated rings. The Kier molecular flexibility index (Phi) is 3.43. The molecule has 0 bridgehead atoms. The van der Waals surface area contributed by atoms with Gasteiger partial charge in [0.15, 0.2) is 5.69 Å². The summed E-state index contributed by atoms with van der Waals surface area (Å²) in [5.74, 6) is -0.690. The lowest BCUT2D eigenvalue weighted by molar-refractivity contribution is 0.0592. The standard InChI is InChI=1S/C12H9ClN2O3/c1-18-12(17)11-9(13)7-10(16)15(14-11)8-5-3-2-4-6-8/h2-7H,1H3. The highest BCUT2D eigenvalue weighted by Gasteiger charge is 2.16. The topological polar surface area (TPSA) is 61.2 Å². The first-order valence-corrected chi connectivity index (χ1v) is 5.45. The molecule has 0 aliphatic rings. The van der Waals surface area contributed by atoms with Crippen LogP contribution in [-0.4, -0.2) is 22.9 Å². The summed E-state index contributed by atoms with van der Waals surface area (Å²) in [5, 5.41) is 3.88. The van der Waals surface area contributed by atoms with Crippen molar-refractivity contribution in [2.75, 3.05) is 7.11 Å². The number of carbonyl (C=O) groups is 1. The average Bonchev–Trinajstić information content (AvgIpc) is 2.39. The summed E-state index contributed by atoms with van der Waals surface area (Å²) < 4.78 is 5.64. The van der Waals surface area contributed by atoms with Crippen LogP contribution in [0, 0.1) is 0 Å². The van der Waals surface area contributed by atoms with Crippen LogP contribution < -0.4 is 5.56 Å². The second-order valence-electron chi connectivity index (χ2n) is 3.42. The van der Waals surface area contributed by atoms with E-state index in [2.05, 4.69) is 9.84 Å². The van der Waals surface area contributed by atoms with Gasteiger partial charge < -0.3 is 4.74 Å². The SMILES string of the molecule is COC(=O)c1nn(-c2ccccc2)c(=O)cc1Cl. The van der Waals surface area contributed by atoms with Crippen LogP contribution in [0.5, 0.6) is 0 Å². The number of aromatic nitrogens is 2. The van der Waals surface area contributed by atoms with Crippen molar-refractivity contribution in [3.63, 3.8) is 0 Å². The molecule has 0 radical (unpaired) electrons. The van der Waals surface area contributed by atoms with Crippen LogP contribution in [0.25, 0.3) is 5.69 Å². The number of hydrogen-bond acceptors (Lipinski definition) is 4. The first-order valence-electron chi connectivity index (χ1n) is 5.07. The number of ether oxygens (including phenoxy) is 1. The van der Waals surface area contributed by atoms with Crippen LogP contribution in [0.15, 0.2) is 41.2 Å². The first-order chi connectivity index (χ1) is 8.63. The minimum absolute atomic E-state index is 0.0287. The lowest BCUT2D eigenvalue weighted by atomic mass is 10.3. The van der Waals surface area contributed by atoms with Gasteiger partial charge in [0.2, 0.25) is 0 Å². The molecule has 18 heavy (non-hydrogen) atoms. The van der Waals surface area contributed by atoms with Gasteiger partial charge in [0.1, 0.15) is 0 Å². The molecule has 0 spiro atoms. The predicted octanol–water partition coefficient (Wildman–Crippen LogP) is 1.67. The van der Waals surface area contributed by atoms with Crippen molar-refractivity contribution in [2.45, 2.75) is 0 Å². The lowest BCUT2D eigenvalue weighted by Gasteiger charge is -2.07. The smallest absolute Gasteiger partial charge is 0.360 e. The Balaban J connectivity index is 2.63. The zero-order chi connectivity index (χ0) is 13.1. The van der Waals surface area contributed by atoms with E-state index < -0.39 is 11.5 Å². The number of carbonyl (C=O) groups excluding carboxylic acids is 1. The maximum Gasteiger partial charge on any atom is 0.360 e. The van der Waals surface area contributed by atoms with Gasteiger partial charge in [-0.25, -0.2) is 4.79 Å². The van der Waals surface area contributed by atoms with Crippen molar-refractivity contribution in [1.82, 2.24) is 9.78 Å². The molecule has 0 amide bonds. The van der Waals surface area contributed by atoms with Crippen LogP contribution in [-0.2, 0) is 4.74 Å². The van der Waals surface area contributed by atoms with Gasteiger partial charge in [0.05, 0.1) is 17.8 Å². The molecule has 0 unspecified atom stereocenters. The predicted molar refractivity (Wildman–Crippen MR) is 66.2 cm³/mol. The van der Waals surface area contributed by atoms with E-state index in [0.29, 0.717) is 5.69 Å². The third-order valence-electron chi connectivity index (χ3n) is 2.26. The van der Waals surface area contributed by atoms with E-state index in [1.807, 2.05) is 6.07 Å². The summed E-state index contributed by atoms with van der Waals surface area (Å²) in [6.07, 6.45) is 0. The summed E-state index contributed by atoms with van der Waals surface area (Å²) in [6.45, 7) is 0. The fraction of sp³-hybridized carbons (Fsp3) is 0.0833. The van der Waals surface area contributed by atoms with Gasteiger partial charge in [0, 0.05) is 6.07 Å². The Morgan fingerprint density at radius 2 is 2.00 bits per heavy atom. The number of hydrogen-bond donors (Lipinski definition) is 0. The van der Waals surface area contributed by atoms with Gasteiger partial charge in [-0.05, 0) is 12.1 Å². The summed E-state index contributed by atoms with van der Waals surface area (Å²) in [6, 6.07) is 9.86. The maximum absolute atomic E-state index is 11.8. The Morgan fingerprint density at radius 3 is 2.61 bits per heavy atom. The highest BCUT2D eigenvalue weighted by atomic mass is 35.5. The summed E-state index contributed by atoms with van der Waals surface area (Å²) in [5.41, 5.74) is 0.0331. The lowest BCUT2D eigenvalue weighted by Crippen LogP contribution is -2.23.